The van der Waals surface area contributed by atoms with E-state index in [1.165, 1.54) is 11.3 Å². The minimum Gasteiger partial charge on any atom is -0.487 e. The van der Waals surface area contributed by atoms with E-state index in [-0.39, 0.29) is 5.56 Å². The Labute approximate surface area is 154 Å². The molecule has 128 valence electrons. The van der Waals surface area contributed by atoms with E-state index >= 15 is 0 Å². The molecule has 0 aliphatic carbocycles. The maximum Gasteiger partial charge on any atom is 0.257 e. The zero-order valence-corrected chi connectivity index (χ0v) is 14.6. The van der Waals surface area contributed by atoms with Crippen molar-refractivity contribution in [1.82, 2.24) is 15.0 Å². The van der Waals surface area contributed by atoms with Crippen LogP contribution in [0.2, 0.25) is 0 Å². The fourth-order valence-electron chi connectivity index (χ4n) is 2.50. The average molecular weight is 361 g/mol. The Hall–Kier alpha value is -3.25. The number of H-pyrrole nitrogens is 1. The van der Waals surface area contributed by atoms with Gasteiger partial charge in [-0.15, -0.1) is 11.3 Å². The average Bonchev–Trinajstić information content (AvgIpc) is 3.19. The van der Waals surface area contributed by atoms with Gasteiger partial charge in [0.1, 0.15) is 17.4 Å². The highest BCUT2D eigenvalue weighted by molar-refractivity contribution is 7.13. The van der Waals surface area contributed by atoms with Crippen molar-refractivity contribution in [3.63, 3.8) is 0 Å². The van der Waals surface area contributed by atoms with E-state index in [0.717, 1.165) is 16.1 Å². The van der Waals surface area contributed by atoms with Crippen molar-refractivity contribution in [3.8, 4) is 27.6 Å². The molecule has 0 saturated carbocycles. The smallest absolute Gasteiger partial charge is 0.257 e. The molecule has 26 heavy (non-hydrogen) atoms. The van der Waals surface area contributed by atoms with E-state index in [0.29, 0.717) is 23.6 Å². The van der Waals surface area contributed by atoms with Gasteiger partial charge < -0.3 is 9.72 Å². The van der Waals surface area contributed by atoms with Gasteiger partial charge in [-0.25, -0.2) is 4.98 Å². The van der Waals surface area contributed by atoms with Gasteiger partial charge in [-0.1, -0.05) is 30.3 Å². The maximum absolute atomic E-state index is 12.2. The molecule has 0 aliphatic heterocycles. The highest BCUT2D eigenvalue weighted by atomic mass is 32.1. The molecule has 0 radical (unpaired) electrons. The Kier molecular flexibility index (Phi) is 4.57. The second-order valence-electron chi connectivity index (χ2n) is 5.63. The molecule has 0 fully saturated rings. The number of thiazole rings is 1. The predicted octanol–water partition coefficient (Wildman–Crippen LogP) is 4.14. The summed E-state index contributed by atoms with van der Waals surface area (Å²) in [7, 11) is 0. The van der Waals surface area contributed by atoms with Crippen LogP contribution in [0.3, 0.4) is 0 Å². The fraction of sp³-hybridized carbons (Fsp3) is 0.0500. The first-order valence-corrected chi connectivity index (χ1v) is 8.93. The molecule has 4 aromatic rings. The summed E-state index contributed by atoms with van der Waals surface area (Å²) in [4.78, 5) is 23.6. The normalized spacial score (nSPS) is 10.6. The van der Waals surface area contributed by atoms with Crippen LogP contribution >= 0.6 is 11.3 Å². The molecular weight excluding hydrogens is 346 g/mol. The molecule has 0 aliphatic rings. The lowest BCUT2D eigenvalue weighted by molar-refractivity contribution is 0.305. The highest BCUT2D eigenvalue weighted by Crippen LogP contribution is 2.28. The second kappa shape index (κ2) is 7.33. The number of aromatic amines is 1. The Morgan fingerprint density at radius 1 is 1.08 bits per heavy atom. The summed E-state index contributed by atoms with van der Waals surface area (Å²) >= 11 is 1.49. The lowest BCUT2D eigenvalue weighted by Gasteiger charge is -2.07. The van der Waals surface area contributed by atoms with Crippen molar-refractivity contribution in [2.75, 3.05) is 0 Å². The molecule has 3 heterocycles. The van der Waals surface area contributed by atoms with Crippen LogP contribution in [0, 0.1) is 0 Å². The summed E-state index contributed by atoms with van der Waals surface area (Å²) in [5.74, 6) is 0.599. The maximum atomic E-state index is 12.2. The van der Waals surface area contributed by atoms with Crippen LogP contribution < -0.4 is 10.3 Å². The van der Waals surface area contributed by atoms with Crippen molar-refractivity contribution in [1.29, 1.82) is 0 Å². The molecule has 4 rings (SSSR count). The van der Waals surface area contributed by atoms with E-state index in [1.54, 1.807) is 24.7 Å². The quantitative estimate of drug-likeness (QED) is 0.580. The fourth-order valence-corrected chi connectivity index (χ4v) is 3.33. The molecule has 0 amide bonds. The van der Waals surface area contributed by atoms with Crippen molar-refractivity contribution in [2.24, 2.45) is 0 Å². The minimum atomic E-state index is -0.191. The van der Waals surface area contributed by atoms with Crippen molar-refractivity contribution in [2.45, 2.75) is 6.61 Å². The second-order valence-corrected chi connectivity index (χ2v) is 6.48. The third kappa shape index (κ3) is 3.55. The Bertz CT molecular complexity index is 1060. The van der Waals surface area contributed by atoms with Gasteiger partial charge in [0, 0.05) is 29.5 Å². The standard InChI is InChI=1S/C20H15N3O2S/c24-19-17(18-13-26-20(23-18)15-6-8-21-9-7-15)10-16(11-22-19)25-12-14-4-2-1-3-5-14/h1-11,13H,12H2,(H,22,24). The zero-order valence-electron chi connectivity index (χ0n) is 13.8. The highest BCUT2D eigenvalue weighted by Gasteiger charge is 2.11. The van der Waals surface area contributed by atoms with Gasteiger partial charge in [0.15, 0.2) is 0 Å². The molecule has 0 unspecified atom stereocenters. The molecule has 0 spiro atoms. The summed E-state index contributed by atoms with van der Waals surface area (Å²) in [6, 6.07) is 15.4. The number of hydrogen-bond acceptors (Lipinski definition) is 5. The summed E-state index contributed by atoms with van der Waals surface area (Å²) < 4.78 is 5.80. The van der Waals surface area contributed by atoms with Crippen LogP contribution in [-0.2, 0) is 6.61 Å². The van der Waals surface area contributed by atoms with Crippen LogP contribution in [0.15, 0.2) is 77.3 Å². The van der Waals surface area contributed by atoms with Crippen LogP contribution in [0.1, 0.15) is 5.56 Å². The third-order valence-corrected chi connectivity index (χ3v) is 4.72. The van der Waals surface area contributed by atoms with E-state index in [1.807, 2.05) is 47.8 Å². The minimum absolute atomic E-state index is 0.191. The van der Waals surface area contributed by atoms with E-state index in [2.05, 4.69) is 15.0 Å². The Morgan fingerprint density at radius 2 is 1.88 bits per heavy atom. The Balaban J connectivity index is 1.59. The number of hydrogen-bond donors (Lipinski definition) is 1. The summed E-state index contributed by atoms with van der Waals surface area (Å²) in [6.07, 6.45) is 5.02. The number of ether oxygens (including phenoxy) is 1. The van der Waals surface area contributed by atoms with E-state index in [4.69, 9.17) is 4.74 Å². The van der Waals surface area contributed by atoms with Gasteiger partial charge in [0.2, 0.25) is 0 Å². The molecule has 5 nitrogen and oxygen atoms in total. The van der Waals surface area contributed by atoms with Crippen molar-refractivity contribution in [3.05, 3.63) is 88.4 Å². The van der Waals surface area contributed by atoms with Crippen LogP contribution in [0.5, 0.6) is 5.75 Å². The lowest BCUT2D eigenvalue weighted by Crippen LogP contribution is -2.09. The number of benzene rings is 1. The van der Waals surface area contributed by atoms with Crippen molar-refractivity contribution < 1.29 is 4.74 Å². The predicted molar refractivity (Wildman–Crippen MR) is 102 cm³/mol. The number of nitrogens with one attached hydrogen (secondary N) is 1. The van der Waals surface area contributed by atoms with Crippen LogP contribution in [-0.4, -0.2) is 15.0 Å². The number of rotatable bonds is 5. The summed E-state index contributed by atoms with van der Waals surface area (Å²) in [6.45, 7) is 0.436. The molecule has 3 aromatic heterocycles. The van der Waals surface area contributed by atoms with E-state index in [9.17, 15) is 4.79 Å². The van der Waals surface area contributed by atoms with Gasteiger partial charge >= 0.3 is 0 Å². The van der Waals surface area contributed by atoms with Crippen molar-refractivity contribution >= 4 is 11.3 Å². The summed E-state index contributed by atoms with van der Waals surface area (Å²) in [5.41, 5.74) is 2.97. The largest absolute Gasteiger partial charge is 0.487 e. The summed E-state index contributed by atoms with van der Waals surface area (Å²) in [5, 5.41) is 2.72. The van der Waals surface area contributed by atoms with Crippen LogP contribution in [0.4, 0.5) is 0 Å². The lowest BCUT2D eigenvalue weighted by atomic mass is 10.2. The molecule has 6 heteroatoms. The molecule has 0 bridgehead atoms. The molecule has 0 atom stereocenters. The van der Waals surface area contributed by atoms with Gasteiger partial charge in [0.05, 0.1) is 11.3 Å². The zero-order chi connectivity index (χ0) is 17.8. The van der Waals surface area contributed by atoms with Gasteiger partial charge in [-0.3, -0.25) is 9.78 Å². The van der Waals surface area contributed by atoms with Gasteiger partial charge in [-0.2, -0.15) is 0 Å². The molecule has 1 aromatic carbocycles. The van der Waals surface area contributed by atoms with Gasteiger partial charge in [0.25, 0.3) is 5.56 Å². The third-order valence-electron chi connectivity index (χ3n) is 3.83. The molecule has 0 saturated heterocycles. The number of pyridine rings is 2. The van der Waals surface area contributed by atoms with Crippen LogP contribution in [0.25, 0.3) is 21.8 Å². The number of aromatic nitrogens is 3. The monoisotopic (exact) mass is 361 g/mol. The first-order chi connectivity index (χ1) is 12.8. The molecular formula is C20H15N3O2S. The first kappa shape index (κ1) is 16.2. The Morgan fingerprint density at radius 3 is 2.69 bits per heavy atom. The SMILES string of the molecule is O=c1[nH]cc(OCc2ccccc2)cc1-c1csc(-c2ccncc2)n1. The number of nitrogens with zero attached hydrogens (tertiary/aromatic N) is 2. The van der Waals surface area contributed by atoms with Gasteiger partial charge in [-0.05, 0) is 23.8 Å². The topological polar surface area (TPSA) is 67.9 Å². The molecule has 1 N–H and O–H groups in total. The first-order valence-electron chi connectivity index (χ1n) is 8.05. The van der Waals surface area contributed by atoms with E-state index < -0.39 is 0 Å².